The second-order valence-corrected chi connectivity index (χ2v) is 4.68. The molecule has 0 aromatic carbocycles. The molecule has 0 amide bonds. The molecule has 0 fully saturated rings. The summed E-state index contributed by atoms with van der Waals surface area (Å²) in [4.78, 5) is 0. The summed E-state index contributed by atoms with van der Waals surface area (Å²) in [6.45, 7) is 0.362. The van der Waals surface area contributed by atoms with E-state index in [1.165, 1.54) is 64.2 Å². The minimum atomic E-state index is 0.362. The van der Waals surface area contributed by atoms with Crippen molar-refractivity contribution in [2.75, 3.05) is 12.5 Å². The van der Waals surface area contributed by atoms with Crippen LogP contribution in [0.5, 0.6) is 0 Å². The summed E-state index contributed by atoms with van der Waals surface area (Å²) in [5, 5.41) is 8.60. The number of rotatable bonds is 12. The lowest BCUT2D eigenvalue weighted by molar-refractivity contribution is 0.282. The van der Waals surface area contributed by atoms with E-state index in [0.717, 1.165) is 12.3 Å². The molecule has 0 rings (SSSR count). The Bertz CT molecular complexity index is 94.7. The van der Waals surface area contributed by atoms with E-state index < -0.39 is 0 Å². The SMILES string of the molecule is OCCCCCCCCCCCCCCl. The lowest BCUT2D eigenvalue weighted by Gasteiger charge is -2.01. The standard InChI is InChI=1S/C13H27ClO/c14-12-10-8-6-4-2-1-3-5-7-9-11-13-15/h15H,1-13H2. The van der Waals surface area contributed by atoms with E-state index >= 15 is 0 Å². The number of hydrogen-bond acceptors (Lipinski definition) is 1. The monoisotopic (exact) mass is 234 g/mol. The van der Waals surface area contributed by atoms with Crippen molar-refractivity contribution < 1.29 is 5.11 Å². The summed E-state index contributed by atoms with van der Waals surface area (Å²) < 4.78 is 0. The summed E-state index contributed by atoms with van der Waals surface area (Å²) in [6, 6.07) is 0. The first-order valence-electron chi connectivity index (χ1n) is 6.58. The zero-order valence-electron chi connectivity index (χ0n) is 10.0. The van der Waals surface area contributed by atoms with Crippen LogP contribution in [0.15, 0.2) is 0 Å². The van der Waals surface area contributed by atoms with E-state index in [0.29, 0.717) is 6.61 Å². The van der Waals surface area contributed by atoms with Gasteiger partial charge < -0.3 is 5.11 Å². The predicted molar refractivity (Wildman–Crippen MR) is 68.6 cm³/mol. The molecule has 0 aromatic rings. The Hall–Kier alpha value is 0.250. The van der Waals surface area contributed by atoms with Gasteiger partial charge >= 0.3 is 0 Å². The average Bonchev–Trinajstić information content (AvgIpc) is 2.26. The molecule has 0 saturated carbocycles. The van der Waals surface area contributed by atoms with Gasteiger partial charge in [0.1, 0.15) is 0 Å². The third-order valence-electron chi connectivity index (χ3n) is 2.79. The molecule has 0 radical (unpaired) electrons. The summed E-state index contributed by atoms with van der Waals surface area (Å²) in [7, 11) is 0. The third-order valence-corrected chi connectivity index (χ3v) is 3.06. The van der Waals surface area contributed by atoms with Gasteiger partial charge in [-0.2, -0.15) is 0 Å². The van der Waals surface area contributed by atoms with Gasteiger partial charge in [-0.25, -0.2) is 0 Å². The predicted octanol–water partition coefficient (Wildman–Crippen LogP) is 4.51. The van der Waals surface area contributed by atoms with Crippen LogP contribution in [-0.4, -0.2) is 17.6 Å². The van der Waals surface area contributed by atoms with Gasteiger partial charge in [-0.1, -0.05) is 57.8 Å². The molecule has 1 nitrogen and oxygen atoms in total. The fourth-order valence-electron chi connectivity index (χ4n) is 1.80. The summed E-state index contributed by atoms with van der Waals surface area (Å²) in [5.41, 5.74) is 0. The zero-order chi connectivity index (χ0) is 11.2. The van der Waals surface area contributed by atoms with Gasteiger partial charge in [-0.05, 0) is 12.8 Å². The van der Waals surface area contributed by atoms with Crippen LogP contribution in [0.1, 0.15) is 70.6 Å². The minimum Gasteiger partial charge on any atom is -0.396 e. The fraction of sp³-hybridized carbons (Fsp3) is 1.00. The van der Waals surface area contributed by atoms with Crippen LogP contribution < -0.4 is 0 Å². The highest BCUT2D eigenvalue weighted by atomic mass is 35.5. The lowest BCUT2D eigenvalue weighted by atomic mass is 10.1. The molecule has 0 unspecified atom stereocenters. The normalized spacial score (nSPS) is 10.8. The van der Waals surface area contributed by atoms with Crippen LogP contribution in [0, 0.1) is 0 Å². The average molecular weight is 235 g/mol. The maximum atomic E-state index is 8.60. The Labute approximate surface area is 100 Å². The Morgan fingerprint density at radius 3 is 1.20 bits per heavy atom. The molecule has 0 aromatic heterocycles. The van der Waals surface area contributed by atoms with Crippen LogP contribution in [0.3, 0.4) is 0 Å². The smallest absolute Gasteiger partial charge is 0.0431 e. The summed E-state index contributed by atoms with van der Waals surface area (Å²) >= 11 is 5.61. The van der Waals surface area contributed by atoms with E-state index in [2.05, 4.69) is 0 Å². The second-order valence-electron chi connectivity index (χ2n) is 4.30. The van der Waals surface area contributed by atoms with Crippen LogP contribution in [-0.2, 0) is 0 Å². The van der Waals surface area contributed by atoms with Gasteiger partial charge in [0, 0.05) is 12.5 Å². The van der Waals surface area contributed by atoms with Gasteiger partial charge in [0.2, 0.25) is 0 Å². The first-order chi connectivity index (χ1) is 7.41. The second kappa shape index (κ2) is 14.2. The van der Waals surface area contributed by atoms with E-state index in [9.17, 15) is 0 Å². The van der Waals surface area contributed by atoms with Crippen molar-refractivity contribution in [3.8, 4) is 0 Å². The molecule has 2 heteroatoms. The largest absolute Gasteiger partial charge is 0.396 e. The summed E-state index contributed by atoms with van der Waals surface area (Å²) in [5.74, 6) is 0.824. The highest BCUT2D eigenvalue weighted by molar-refractivity contribution is 6.17. The number of halogens is 1. The number of aliphatic hydroxyl groups excluding tert-OH is 1. The van der Waals surface area contributed by atoms with E-state index in [4.69, 9.17) is 16.7 Å². The molecule has 0 bridgehead atoms. The lowest BCUT2D eigenvalue weighted by Crippen LogP contribution is -1.84. The Morgan fingerprint density at radius 2 is 0.867 bits per heavy atom. The molecule has 0 heterocycles. The van der Waals surface area contributed by atoms with Crippen molar-refractivity contribution in [2.24, 2.45) is 0 Å². The van der Waals surface area contributed by atoms with Gasteiger partial charge in [-0.15, -0.1) is 11.6 Å². The maximum Gasteiger partial charge on any atom is 0.0431 e. The van der Waals surface area contributed by atoms with Crippen molar-refractivity contribution in [3.05, 3.63) is 0 Å². The van der Waals surface area contributed by atoms with E-state index in [1.54, 1.807) is 0 Å². The zero-order valence-corrected chi connectivity index (χ0v) is 10.8. The molecular formula is C13H27ClO. The molecule has 0 spiro atoms. The van der Waals surface area contributed by atoms with Gasteiger partial charge in [0.15, 0.2) is 0 Å². The molecule has 0 aliphatic heterocycles. The highest BCUT2D eigenvalue weighted by Gasteiger charge is 1.92. The summed E-state index contributed by atoms with van der Waals surface area (Å²) in [6.07, 6.45) is 14.2. The first kappa shape index (κ1) is 15.2. The van der Waals surface area contributed by atoms with Crippen LogP contribution in [0.2, 0.25) is 0 Å². The van der Waals surface area contributed by atoms with Crippen molar-refractivity contribution in [1.82, 2.24) is 0 Å². The number of hydrogen-bond donors (Lipinski definition) is 1. The maximum absolute atomic E-state index is 8.60. The molecule has 92 valence electrons. The van der Waals surface area contributed by atoms with Crippen LogP contribution in [0.4, 0.5) is 0 Å². The Kier molecular flexibility index (Phi) is 14.5. The molecular weight excluding hydrogens is 208 g/mol. The molecule has 1 N–H and O–H groups in total. The molecule has 0 atom stereocenters. The van der Waals surface area contributed by atoms with Gasteiger partial charge in [0.05, 0.1) is 0 Å². The van der Waals surface area contributed by atoms with Crippen LogP contribution >= 0.6 is 11.6 Å². The van der Waals surface area contributed by atoms with Crippen molar-refractivity contribution in [3.63, 3.8) is 0 Å². The molecule has 15 heavy (non-hydrogen) atoms. The van der Waals surface area contributed by atoms with Crippen molar-refractivity contribution in [2.45, 2.75) is 70.6 Å². The Balaban J connectivity index is 2.81. The number of alkyl halides is 1. The topological polar surface area (TPSA) is 20.2 Å². The molecule has 0 aliphatic carbocycles. The van der Waals surface area contributed by atoms with Crippen molar-refractivity contribution >= 4 is 11.6 Å². The third kappa shape index (κ3) is 14.2. The van der Waals surface area contributed by atoms with Gasteiger partial charge in [0.25, 0.3) is 0 Å². The van der Waals surface area contributed by atoms with E-state index in [1.807, 2.05) is 0 Å². The highest BCUT2D eigenvalue weighted by Crippen LogP contribution is 2.11. The van der Waals surface area contributed by atoms with Gasteiger partial charge in [-0.3, -0.25) is 0 Å². The first-order valence-corrected chi connectivity index (χ1v) is 7.12. The van der Waals surface area contributed by atoms with Crippen molar-refractivity contribution in [1.29, 1.82) is 0 Å². The Morgan fingerprint density at radius 1 is 0.533 bits per heavy atom. The number of unbranched alkanes of at least 4 members (excludes halogenated alkanes) is 10. The molecule has 0 saturated heterocycles. The van der Waals surface area contributed by atoms with Crippen LogP contribution in [0.25, 0.3) is 0 Å². The quantitative estimate of drug-likeness (QED) is 0.389. The van der Waals surface area contributed by atoms with E-state index in [-0.39, 0.29) is 0 Å². The number of aliphatic hydroxyl groups is 1. The molecule has 0 aliphatic rings. The minimum absolute atomic E-state index is 0.362. The fourth-order valence-corrected chi connectivity index (χ4v) is 1.99.